The van der Waals surface area contributed by atoms with Gasteiger partial charge in [-0.3, -0.25) is 9.93 Å². The maximum atomic E-state index is 13.4. The number of hydrogen-bond donors (Lipinski definition) is 2. The molecule has 0 aromatic heterocycles. The lowest BCUT2D eigenvalue weighted by atomic mass is 10.1. The molecule has 13 heteroatoms. The third-order valence-corrected chi connectivity index (χ3v) is 9.18. The summed E-state index contributed by atoms with van der Waals surface area (Å²) in [5.74, 6) is 0.302. The molecule has 3 N–H and O–H groups in total. The predicted octanol–water partition coefficient (Wildman–Crippen LogP) is 4.81. The average Bonchev–Trinajstić information content (AvgIpc) is 2.94. The zero-order valence-electron chi connectivity index (χ0n) is 22.0. The number of ether oxygens (including phenoxy) is 1. The van der Waals surface area contributed by atoms with Crippen molar-refractivity contribution in [3.05, 3.63) is 48.5 Å². The molecule has 0 bridgehead atoms. The van der Waals surface area contributed by atoms with E-state index in [1.807, 2.05) is 30.3 Å². The molecule has 0 saturated carbocycles. The lowest BCUT2D eigenvalue weighted by Crippen LogP contribution is -2.50. The lowest BCUT2D eigenvalue weighted by Gasteiger charge is -2.36. The largest absolute Gasteiger partial charge is 0.475 e. The number of anilines is 1. The summed E-state index contributed by atoms with van der Waals surface area (Å²) in [6, 6.07) is 13.2. The molecule has 2 aromatic carbocycles. The van der Waals surface area contributed by atoms with E-state index in [0.717, 1.165) is 36.5 Å². The maximum Gasteiger partial charge on any atom is 0.475 e. The van der Waals surface area contributed by atoms with Crippen LogP contribution in [0.15, 0.2) is 63.2 Å². The Balaban J connectivity index is 1.80. The molecule has 3 unspecified atom stereocenters. The van der Waals surface area contributed by atoms with Crippen molar-refractivity contribution in [1.82, 2.24) is 9.80 Å². The van der Waals surface area contributed by atoms with Gasteiger partial charge in [0.2, 0.25) is 5.91 Å². The fraction of sp³-hybridized carbons (Fsp3) is 0.500. The number of carbonyl (C=O) groups excluding carboxylic acids is 1. The smallest absolute Gasteiger partial charge is 0.380 e. The van der Waals surface area contributed by atoms with Crippen LogP contribution in [0.2, 0.25) is 0 Å². The van der Waals surface area contributed by atoms with Crippen LogP contribution in [0.5, 0.6) is 0 Å². The van der Waals surface area contributed by atoms with Crippen LogP contribution in [0, 0.1) is 0 Å². The number of alkyl halides is 3. The van der Waals surface area contributed by atoms with E-state index in [1.54, 1.807) is 11.0 Å². The van der Waals surface area contributed by atoms with Crippen LogP contribution < -0.4 is 10.5 Å². The van der Waals surface area contributed by atoms with Gasteiger partial charge in [-0.25, -0.2) is 4.21 Å². The molecule has 1 fully saturated rings. The highest BCUT2D eigenvalue weighted by molar-refractivity contribution is 7.99. The van der Waals surface area contributed by atoms with E-state index < -0.39 is 27.2 Å². The Morgan fingerprint density at radius 3 is 2.56 bits per heavy atom. The Bertz CT molecular complexity index is 1090. The summed E-state index contributed by atoms with van der Waals surface area (Å²) in [5, 5.41) is 8.65. The average molecular weight is 605 g/mol. The minimum Gasteiger partial charge on any atom is -0.380 e. The van der Waals surface area contributed by atoms with Gasteiger partial charge in [0, 0.05) is 47.6 Å². The van der Waals surface area contributed by atoms with Crippen molar-refractivity contribution in [3.63, 3.8) is 0 Å². The molecule has 1 amide bonds. The first-order valence-corrected chi connectivity index (χ1v) is 15.7. The fourth-order valence-corrected chi connectivity index (χ4v) is 6.39. The van der Waals surface area contributed by atoms with E-state index >= 15 is 0 Å². The minimum absolute atomic E-state index is 0.0588. The van der Waals surface area contributed by atoms with Gasteiger partial charge < -0.3 is 19.9 Å². The molecule has 0 aliphatic carbocycles. The molecule has 39 heavy (non-hydrogen) atoms. The van der Waals surface area contributed by atoms with E-state index in [0.29, 0.717) is 30.3 Å². The summed E-state index contributed by atoms with van der Waals surface area (Å²) in [4.78, 5) is 18.3. The second-order valence-electron chi connectivity index (χ2n) is 8.98. The van der Waals surface area contributed by atoms with E-state index in [4.69, 9.17) is 9.88 Å². The van der Waals surface area contributed by atoms with Gasteiger partial charge in [-0.2, -0.15) is 13.2 Å². The molecule has 3 atom stereocenters. The van der Waals surface area contributed by atoms with Gasteiger partial charge >= 0.3 is 5.51 Å². The Hall–Kier alpha value is -1.77. The van der Waals surface area contributed by atoms with E-state index in [9.17, 15) is 22.2 Å². The molecule has 0 spiro atoms. The summed E-state index contributed by atoms with van der Waals surface area (Å²) < 4.78 is 58.6. The second-order valence-corrected chi connectivity index (χ2v) is 12.2. The monoisotopic (exact) mass is 604 g/mol. The van der Waals surface area contributed by atoms with Crippen LogP contribution in [-0.2, 0) is 20.3 Å². The lowest BCUT2D eigenvalue weighted by molar-refractivity contribution is -0.139. The van der Waals surface area contributed by atoms with Crippen molar-refractivity contribution in [2.75, 3.05) is 50.4 Å². The summed E-state index contributed by atoms with van der Waals surface area (Å²) in [6.45, 7) is 8.00. The van der Waals surface area contributed by atoms with Gasteiger partial charge in [0.05, 0.1) is 23.3 Å². The molecule has 1 aliphatic heterocycles. The topological polar surface area (TPSA) is 87.9 Å². The third kappa shape index (κ3) is 9.68. The van der Waals surface area contributed by atoms with Crippen molar-refractivity contribution in [1.29, 1.82) is 0 Å². The number of halogens is 3. The number of hydrogen-bond acceptors (Lipinski definition) is 8. The van der Waals surface area contributed by atoms with Gasteiger partial charge in [-0.15, -0.1) is 11.8 Å². The van der Waals surface area contributed by atoms with Gasteiger partial charge in [-0.05, 0) is 55.4 Å². The quantitative estimate of drug-likeness (QED) is 0.249. The third-order valence-electron chi connectivity index (χ3n) is 6.32. The van der Waals surface area contributed by atoms with Gasteiger partial charge in [0.15, 0.2) is 10.8 Å². The second kappa shape index (κ2) is 15.3. The number of nitrogens with zero attached hydrogens (tertiary/aromatic N) is 2. The molecule has 3 rings (SSSR count). The van der Waals surface area contributed by atoms with Crippen LogP contribution in [-0.4, -0.2) is 82.7 Å². The first kappa shape index (κ1) is 31.8. The fourth-order valence-electron chi connectivity index (χ4n) is 4.22. The number of rotatable bonds is 13. The Kier molecular flexibility index (Phi) is 12.4. The standard InChI is InChI=1S/C26H35F3N4O3S3/c1-3-32(4-2)16-20-17-33(12-13-36-20)25(34)14-19(18-37-21-8-6-5-7-9-21)31-23-11-10-22(38-30)15-24(23)39(35)26(27,28)29/h5-11,15,19-20,31H,3-4,12-14,16-18,30H2,1-2H3. The minimum atomic E-state index is -4.94. The Morgan fingerprint density at radius 2 is 1.92 bits per heavy atom. The van der Waals surface area contributed by atoms with Crippen LogP contribution >= 0.6 is 23.7 Å². The van der Waals surface area contributed by atoms with Crippen LogP contribution in [0.25, 0.3) is 0 Å². The molecule has 0 radical (unpaired) electrons. The molecule has 216 valence electrons. The number of nitrogens with two attached hydrogens (primary N) is 1. The molecule has 1 aliphatic rings. The number of carbonyl (C=O) groups is 1. The van der Waals surface area contributed by atoms with Crippen LogP contribution in [0.3, 0.4) is 0 Å². The van der Waals surface area contributed by atoms with Gasteiger partial charge in [-0.1, -0.05) is 32.0 Å². The first-order valence-electron chi connectivity index (χ1n) is 12.7. The number of likely N-dealkylation sites (N-methyl/N-ethyl adjacent to an activating group) is 1. The molecule has 1 heterocycles. The van der Waals surface area contributed by atoms with Crippen molar-refractivity contribution in [2.45, 2.75) is 52.6 Å². The zero-order valence-corrected chi connectivity index (χ0v) is 24.4. The molecule has 1 saturated heterocycles. The van der Waals surface area contributed by atoms with E-state index in [-0.39, 0.29) is 24.1 Å². The van der Waals surface area contributed by atoms with Crippen molar-refractivity contribution in [2.24, 2.45) is 5.14 Å². The SMILES string of the molecule is CCN(CC)CC1CN(C(=O)CC(CSc2ccccc2)Nc2ccc(SN)cc2S(=O)C(F)(F)F)CCO1. The zero-order chi connectivity index (χ0) is 28.4. The number of morpholine rings is 1. The highest BCUT2D eigenvalue weighted by Gasteiger charge is 2.39. The summed E-state index contributed by atoms with van der Waals surface area (Å²) >= 11 is 2.27. The highest BCUT2D eigenvalue weighted by atomic mass is 32.2. The maximum absolute atomic E-state index is 13.4. The normalized spacial score (nSPS) is 17.7. The molecule has 7 nitrogen and oxygen atoms in total. The predicted molar refractivity (Wildman–Crippen MR) is 152 cm³/mol. The van der Waals surface area contributed by atoms with E-state index in [1.165, 1.54) is 23.9 Å². The van der Waals surface area contributed by atoms with Crippen molar-refractivity contribution in [3.8, 4) is 0 Å². The van der Waals surface area contributed by atoms with Crippen LogP contribution in [0.1, 0.15) is 20.3 Å². The summed E-state index contributed by atoms with van der Waals surface area (Å²) in [6.07, 6.45) is -0.0432. The van der Waals surface area contributed by atoms with Crippen molar-refractivity contribution < 1.29 is 26.9 Å². The number of amides is 1. The summed E-state index contributed by atoms with van der Waals surface area (Å²) in [5.41, 5.74) is -4.87. The Morgan fingerprint density at radius 1 is 1.21 bits per heavy atom. The molecular weight excluding hydrogens is 570 g/mol. The van der Waals surface area contributed by atoms with Crippen LogP contribution in [0.4, 0.5) is 18.9 Å². The van der Waals surface area contributed by atoms with Crippen molar-refractivity contribution >= 4 is 46.1 Å². The van der Waals surface area contributed by atoms with Gasteiger partial charge in [0.25, 0.3) is 0 Å². The summed E-state index contributed by atoms with van der Waals surface area (Å²) in [7, 11) is -3.26. The number of benzene rings is 2. The molecule has 2 aromatic rings. The Labute approximate surface area is 239 Å². The molecular formula is C26H35F3N4O3S3. The first-order chi connectivity index (χ1) is 18.6. The number of thioether (sulfide) groups is 1. The van der Waals surface area contributed by atoms with E-state index in [2.05, 4.69) is 24.1 Å². The van der Waals surface area contributed by atoms with Gasteiger partial charge in [0.1, 0.15) is 0 Å². The number of nitrogens with one attached hydrogen (secondary N) is 1. The highest BCUT2D eigenvalue weighted by Crippen LogP contribution is 2.34.